The van der Waals surface area contributed by atoms with Gasteiger partial charge in [-0.1, -0.05) is 13.8 Å². The Labute approximate surface area is 108 Å². The van der Waals surface area contributed by atoms with Crippen molar-refractivity contribution in [3.8, 4) is 0 Å². The number of nitrogens with one attached hydrogen (secondary N) is 1. The lowest BCUT2D eigenvalue weighted by Gasteiger charge is -2.09. The molecule has 0 bridgehead atoms. The van der Waals surface area contributed by atoms with Gasteiger partial charge in [0.25, 0.3) is 5.91 Å². The molecule has 3 rings (SSSR count). The summed E-state index contributed by atoms with van der Waals surface area (Å²) >= 11 is 0. The molecule has 98 valence electrons. The molecule has 1 aromatic rings. The van der Waals surface area contributed by atoms with Gasteiger partial charge in [-0.05, 0) is 36.7 Å². The van der Waals surface area contributed by atoms with Crippen LogP contribution in [-0.2, 0) is 0 Å². The lowest BCUT2D eigenvalue weighted by molar-refractivity contribution is 0.0941. The zero-order valence-corrected chi connectivity index (χ0v) is 11.1. The smallest absolute Gasteiger partial charge is 0.268 e. The number of nitrogen functional groups attached to an aromatic ring is 1. The molecule has 4 nitrogen and oxygen atoms in total. The highest BCUT2D eigenvalue weighted by Gasteiger charge is 2.45. The Hall–Kier alpha value is -1.45. The van der Waals surface area contributed by atoms with Crippen LogP contribution in [0.15, 0.2) is 12.3 Å². The Morgan fingerprint density at radius 1 is 1.56 bits per heavy atom. The van der Waals surface area contributed by atoms with E-state index in [9.17, 15) is 4.79 Å². The second-order valence-electron chi connectivity index (χ2n) is 6.40. The van der Waals surface area contributed by atoms with Crippen molar-refractivity contribution in [1.29, 1.82) is 0 Å². The third-order valence-corrected chi connectivity index (χ3v) is 4.27. The minimum Gasteiger partial charge on any atom is -0.397 e. The van der Waals surface area contributed by atoms with Gasteiger partial charge in [0.1, 0.15) is 5.69 Å². The van der Waals surface area contributed by atoms with Gasteiger partial charge in [-0.3, -0.25) is 4.79 Å². The first kappa shape index (κ1) is 11.6. The van der Waals surface area contributed by atoms with Crippen molar-refractivity contribution in [1.82, 2.24) is 9.88 Å². The van der Waals surface area contributed by atoms with E-state index in [-0.39, 0.29) is 5.91 Å². The van der Waals surface area contributed by atoms with E-state index in [2.05, 4.69) is 19.2 Å². The molecule has 0 aromatic carbocycles. The summed E-state index contributed by atoms with van der Waals surface area (Å²) in [6.45, 7) is 5.27. The number of hydrogen-bond donors (Lipinski definition) is 2. The first-order valence-electron chi connectivity index (χ1n) is 6.73. The van der Waals surface area contributed by atoms with Crippen LogP contribution in [0.2, 0.25) is 0 Å². The largest absolute Gasteiger partial charge is 0.397 e. The van der Waals surface area contributed by atoms with Crippen LogP contribution in [0, 0.1) is 11.3 Å². The first-order valence-corrected chi connectivity index (χ1v) is 6.73. The minimum atomic E-state index is 0.0151. The summed E-state index contributed by atoms with van der Waals surface area (Å²) in [6.07, 6.45) is 5.40. The highest BCUT2D eigenvalue weighted by molar-refractivity contribution is 5.93. The molecular weight excluding hydrogens is 226 g/mol. The quantitative estimate of drug-likeness (QED) is 0.856. The maximum absolute atomic E-state index is 12.2. The number of hydrogen-bond acceptors (Lipinski definition) is 2. The van der Waals surface area contributed by atoms with Crippen LogP contribution >= 0.6 is 0 Å². The Kier molecular flexibility index (Phi) is 2.44. The van der Waals surface area contributed by atoms with Crippen molar-refractivity contribution in [3.63, 3.8) is 0 Å². The fraction of sp³-hybridized carbons (Fsp3) is 0.643. The topological polar surface area (TPSA) is 60.1 Å². The molecule has 0 spiro atoms. The number of rotatable bonds is 4. The van der Waals surface area contributed by atoms with Gasteiger partial charge in [-0.25, -0.2) is 0 Å². The van der Waals surface area contributed by atoms with Crippen molar-refractivity contribution < 1.29 is 4.79 Å². The monoisotopic (exact) mass is 247 g/mol. The molecule has 0 aliphatic heterocycles. The predicted octanol–water partition coefficient (Wildman–Crippen LogP) is 2.18. The van der Waals surface area contributed by atoms with Crippen LogP contribution in [-0.4, -0.2) is 17.0 Å². The average Bonchev–Trinajstić information content (AvgIpc) is 3.18. The Balaban J connectivity index is 1.65. The van der Waals surface area contributed by atoms with Crippen molar-refractivity contribution in [3.05, 3.63) is 18.0 Å². The molecule has 1 amide bonds. The number of amides is 1. The van der Waals surface area contributed by atoms with Crippen LogP contribution in [0.5, 0.6) is 0 Å². The molecule has 4 heteroatoms. The SMILES string of the molecule is CC1(C)CC1CNC(=O)c1cc(N)cn1C1CC1. The van der Waals surface area contributed by atoms with Gasteiger partial charge in [0.2, 0.25) is 0 Å². The van der Waals surface area contributed by atoms with Crippen molar-refractivity contribution in [2.24, 2.45) is 11.3 Å². The molecule has 0 saturated heterocycles. The standard InChI is InChI=1S/C14H21N3O/c1-14(2)6-9(14)7-16-13(18)12-5-10(15)8-17(12)11-3-4-11/h5,8-9,11H,3-4,6-7,15H2,1-2H3,(H,16,18). The van der Waals surface area contributed by atoms with Crippen LogP contribution in [0.4, 0.5) is 5.69 Å². The van der Waals surface area contributed by atoms with E-state index < -0.39 is 0 Å². The van der Waals surface area contributed by atoms with Gasteiger partial charge in [0.05, 0.1) is 5.69 Å². The normalized spacial score (nSPS) is 24.9. The fourth-order valence-corrected chi connectivity index (χ4v) is 2.57. The van der Waals surface area contributed by atoms with Gasteiger partial charge < -0.3 is 15.6 Å². The van der Waals surface area contributed by atoms with Crippen LogP contribution in [0.3, 0.4) is 0 Å². The summed E-state index contributed by atoms with van der Waals surface area (Å²) in [5.41, 5.74) is 7.60. The molecular formula is C14H21N3O. The first-order chi connectivity index (χ1) is 8.47. The van der Waals surface area contributed by atoms with Gasteiger partial charge in [0, 0.05) is 18.8 Å². The van der Waals surface area contributed by atoms with E-state index in [1.807, 2.05) is 10.8 Å². The number of nitrogens with zero attached hydrogens (tertiary/aromatic N) is 1. The zero-order valence-electron chi connectivity index (χ0n) is 11.1. The Morgan fingerprint density at radius 2 is 2.22 bits per heavy atom. The van der Waals surface area contributed by atoms with E-state index in [4.69, 9.17) is 5.73 Å². The molecule has 1 unspecified atom stereocenters. The molecule has 2 aliphatic rings. The number of carbonyl (C=O) groups excluding carboxylic acids is 1. The minimum absolute atomic E-state index is 0.0151. The van der Waals surface area contributed by atoms with Crippen molar-refractivity contribution in [2.75, 3.05) is 12.3 Å². The Morgan fingerprint density at radius 3 is 2.78 bits per heavy atom. The van der Waals surface area contributed by atoms with Gasteiger partial charge in [-0.15, -0.1) is 0 Å². The molecule has 0 radical (unpaired) electrons. The van der Waals surface area contributed by atoms with Gasteiger partial charge >= 0.3 is 0 Å². The van der Waals surface area contributed by atoms with Crippen LogP contribution in [0.25, 0.3) is 0 Å². The summed E-state index contributed by atoms with van der Waals surface area (Å²) in [4.78, 5) is 12.2. The maximum atomic E-state index is 12.2. The lowest BCUT2D eigenvalue weighted by Crippen LogP contribution is -2.28. The van der Waals surface area contributed by atoms with E-state index in [0.29, 0.717) is 28.8 Å². The molecule has 3 N–H and O–H groups in total. The number of aromatic nitrogens is 1. The van der Waals surface area contributed by atoms with E-state index in [1.165, 1.54) is 6.42 Å². The van der Waals surface area contributed by atoms with E-state index in [0.717, 1.165) is 19.4 Å². The second kappa shape index (κ2) is 3.77. The molecule has 2 saturated carbocycles. The maximum Gasteiger partial charge on any atom is 0.268 e. The number of nitrogens with two attached hydrogens (primary N) is 1. The third kappa shape index (κ3) is 2.11. The van der Waals surface area contributed by atoms with Crippen LogP contribution < -0.4 is 11.1 Å². The van der Waals surface area contributed by atoms with Crippen molar-refractivity contribution in [2.45, 2.75) is 39.2 Å². The van der Waals surface area contributed by atoms with Crippen molar-refractivity contribution >= 4 is 11.6 Å². The fourth-order valence-electron chi connectivity index (χ4n) is 2.57. The molecule has 1 heterocycles. The molecule has 18 heavy (non-hydrogen) atoms. The average molecular weight is 247 g/mol. The molecule has 1 aromatic heterocycles. The highest BCUT2D eigenvalue weighted by atomic mass is 16.1. The summed E-state index contributed by atoms with van der Waals surface area (Å²) < 4.78 is 2.03. The Bertz CT molecular complexity index is 485. The number of carbonyl (C=O) groups is 1. The summed E-state index contributed by atoms with van der Waals surface area (Å²) in [5, 5.41) is 3.04. The lowest BCUT2D eigenvalue weighted by atomic mass is 10.1. The highest BCUT2D eigenvalue weighted by Crippen LogP contribution is 2.51. The molecule has 1 atom stereocenters. The van der Waals surface area contributed by atoms with E-state index >= 15 is 0 Å². The predicted molar refractivity (Wildman–Crippen MR) is 71.3 cm³/mol. The van der Waals surface area contributed by atoms with Gasteiger partial charge in [-0.2, -0.15) is 0 Å². The summed E-state index contributed by atoms with van der Waals surface area (Å²) in [7, 11) is 0. The number of anilines is 1. The van der Waals surface area contributed by atoms with Crippen LogP contribution in [0.1, 0.15) is 49.6 Å². The molecule has 2 fully saturated rings. The second-order valence-corrected chi connectivity index (χ2v) is 6.40. The van der Waals surface area contributed by atoms with Gasteiger partial charge in [0.15, 0.2) is 0 Å². The van der Waals surface area contributed by atoms with E-state index in [1.54, 1.807) is 6.07 Å². The summed E-state index contributed by atoms with van der Waals surface area (Å²) in [6, 6.07) is 2.27. The summed E-state index contributed by atoms with van der Waals surface area (Å²) in [5.74, 6) is 0.643. The zero-order chi connectivity index (χ0) is 12.9. The third-order valence-electron chi connectivity index (χ3n) is 4.27. The molecule has 2 aliphatic carbocycles.